The molecule has 2 nitrogen and oxygen atoms in total. The van der Waals surface area contributed by atoms with Gasteiger partial charge in [-0.3, -0.25) is 4.57 Å². The fraction of sp³-hybridized carbons (Fsp3) is 0.667. The van der Waals surface area contributed by atoms with Gasteiger partial charge in [-0.1, -0.05) is 18.5 Å². The van der Waals surface area contributed by atoms with Gasteiger partial charge in [0.25, 0.3) is 0 Å². The van der Waals surface area contributed by atoms with E-state index in [2.05, 4.69) is 0 Å². The van der Waals surface area contributed by atoms with Crippen LogP contribution in [0.5, 0.6) is 0 Å². The Morgan fingerprint density at radius 1 is 1.60 bits per heavy atom. The summed E-state index contributed by atoms with van der Waals surface area (Å²) in [6.07, 6.45) is 5.10. The summed E-state index contributed by atoms with van der Waals surface area (Å²) in [5.41, 5.74) is 0. The maximum absolute atomic E-state index is 10.7. The van der Waals surface area contributed by atoms with E-state index < -0.39 is 7.37 Å². The zero-order valence-electron chi connectivity index (χ0n) is 6.16. The molecular weight excluding hydrogens is 146 g/mol. The third kappa shape index (κ3) is 7.99. The first-order valence-corrected chi connectivity index (χ1v) is 5.50. The van der Waals surface area contributed by atoms with Crippen molar-refractivity contribution < 1.29 is 9.46 Å². The van der Waals surface area contributed by atoms with Crippen LogP contribution in [-0.2, 0) is 4.57 Å². The zero-order chi connectivity index (χ0) is 8.04. The minimum absolute atomic E-state index is 0.351. The Morgan fingerprint density at radius 2 is 2.20 bits per heavy atom. The molecule has 0 aliphatic heterocycles. The fourth-order valence-electron chi connectivity index (χ4n) is 0.528. The summed E-state index contributed by atoms with van der Waals surface area (Å²) >= 11 is 0. The normalized spacial score (nSPS) is 17.4. The molecule has 1 unspecified atom stereocenters. The van der Waals surface area contributed by atoms with Gasteiger partial charge in [-0.05, 0) is 6.42 Å². The lowest BCUT2D eigenvalue weighted by Gasteiger charge is -1.99. The summed E-state index contributed by atoms with van der Waals surface area (Å²) in [5, 5.41) is 0. The van der Waals surface area contributed by atoms with Crippen molar-refractivity contribution in [1.82, 2.24) is 0 Å². The van der Waals surface area contributed by atoms with Gasteiger partial charge in [-0.25, -0.2) is 0 Å². The molecule has 2 radical (unpaired) electrons. The van der Waals surface area contributed by atoms with Crippen LogP contribution in [0.25, 0.3) is 0 Å². The van der Waals surface area contributed by atoms with Gasteiger partial charge in [0.05, 0.1) is 7.85 Å². The van der Waals surface area contributed by atoms with Crippen LogP contribution in [0.4, 0.5) is 0 Å². The minimum Gasteiger partial charge on any atom is -0.344 e. The Labute approximate surface area is 63.2 Å². The Balaban J connectivity index is 3.38. The average Bonchev–Trinajstić information content (AvgIpc) is 1.78. The third-order valence-electron chi connectivity index (χ3n) is 1.01. The molecule has 1 atom stereocenters. The van der Waals surface area contributed by atoms with E-state index in [1.54, 1.807) is 6.08 Å². The molecule has 0 spiro atoms. The summed E-state index contributed by atoms with van der Waals surface area (Å²) in [5.74, 6) is 0. The molecule has 0 aromatic carbocycles. The van der Waals surface area contributed by atoms with Crippen LogP contribution in [0, 0.1) is 0 Å². The molecular formula is C6H12BO2P. The lowest BCUT2D eigenvalue weighted by Crippen LogP contribution is -1.83. The Morgan fingerprint density at radius 3 is 2.60 bits per heavy atom. The maximum Gasteiger partial charge on any atom is 0.197 e. The molecule has 0 aromatic heterocycles. The Bertz CT molecular complexity index is 150. The molecule has 0 aliphatic carbocycles. The molecule has 0 rings (SSSR count). The van der Waals surface area contributed by atoms with E-state index in [0.29, 0.717) is 18.9 Å². The molecule has 56 valence electrons. The molecule has 0 aromatic rings. The molecule has 4 heteroatoms. The molecule has 1 N–H and O–H groups in total. The summed E-state index contributed by atoms with van der Waals surface area (Å²) in [7, 11) is 2.36. The van der Waals surface area contributed by atoms with Gasteiger partial charge in [-0.15, -0.1) is 0 Å². The highest BCUT2D eigenvalue weighted by Crippen LogP contribution is 2.35. The molecule has 0 heterocycles. The molecule has 0 amide bonds. The second kappa shape index (κ2) is 4.76. The summed E-state index contributed by atoms with van der Waals surface area (Å²) in [6.45, 7) is 1.36. The van der Waals surface area contributed by atoms with Crippen LogP contribution < -0.4 is 0 Å². The van der Waals surface area contributed by atoms with Crippen molar-refractivity contribution in [1.29, 1.82) is 0 Å². The van der Waals surface area contributed by atoms with Gasteiger partial charge < -0.3 is 4.89 Å². The summed E-state index contributed by atoms with van der Waals surface area (Å²) in [6, 6.07) is 0. The van der Waals surface area contributed by atoms with Crippen LogP contribution in [0.2, 0.25) is 6.32 Å². The Hall–Kier alpha value is -0.00506. The van der Waals surface area contributed by atoms with Gasteiger partial charge >= 0.3 is 0 Å². The summed E-state index contributed by atoms with van der Waals surface area (Å²) in [4.78, 5) is 8.81. The van der Waals surface area contributed by atoms with Crippen LogP contribution >= 0.6 is 7.37 Å². The van der Waals surface area contributed by atoms with Gasteiger partial charge in [0, 0.05) is 12.8 Å². The van der Waals surface area contributed by atoms with Crippen molar-refractivity contribution in [2.24, 2.45) is 0 Å². The topological polar surface area (TPSA) is 37.3 Å². The molecule has 0 bridgehead atoms. The number of hydrogen-bond donors (Lipinski definition) is 1. The number of hydrogen-bond acceptors (Lipinski definition) is 1. The highest BCUT2D eigenvalue weighted by atomic mass is 31.2. The van der Waals surface area contributed by atoms with Crippen molar-refractivity contribution in [2.75, 3.05) is 12.8 Å². The fourth-order valence-corrected chi connectivity index (χ4v) is 1.16. The van der Waals surface area contributed by atoms with Gasteiger partial charge in [-0.2, -0.15) is 0 Å². The first-order valence-electron chi connectivity index (χ1n) is 3.20. The van der Waals surface area contributed by atoms with Crippen LogP contribution in [-0.4, -0.2) is 25.6 Å². The van der Waals surface area contributed by atoms with E-state index in [-0.39, 0.29) is 0 Å². The number of rotatable bonds is 4. The highest BCUT2D eigenvalue weighted by molar-refractivity contribution is 7.57. The standard InChI is InChI=1S/C6H12BO2P/c1-10(8,9)6-4-2-3-5-7/h2-3H,4-6H2,1H3,(H,8,9)/b3-2-. The van der Waals surface area contributed by atoms with Gasteiger partial charge in [0.2, 0.25) is 0 Å². The van der Waals surface area contributed by atoms with Crippen molar-refractivity contribution in [3.8, 4) is 0 Å². The van der Waals surface area contributed by atoms with Crippen molar-refractivity contribution in [3.63, 3.8) is 0 Å². The van der Waals surface area contributed by atoms with Crippen molar-refractivity contribution in [2.45, 2.75) is 12.7 Å². The van der Waals surface area contributed by atoms with Crippen molar-refractivity contribution >= 4 is 15.2 Å². The van der Waals surface area contributed by atoms with Crippen molar-refractivity contribution in [3.05, 3.63) is 12.2 Å². The molecule has 10 heavy (non-hydrogen) atoms. The largest absolute Gasteiger partial charge is 0.344 e. The van der Waals surface area contributed by atoms with E-state index in [9.17, 15) is 4.57 Å². The summed E-state index contributed by atoms with van der Waals surface area (Å²) < 4.78 is 10.7. The number of allylic oxidation sites excluding steroid dienone is 2. The minimum atomic E-state index is -2.80. The van der Waals surface area contributed by atoms with E-state index in [0.717, 1.165) is 0 Å². The molecule has 0 saturated heterocycles. The molecule has 0 fully saturated rings. The second-order valence-corrected chi connectivity index (χ2v) is 4.82. The SMILES string of the molecule is [B]C/C=C\CCP(C)(=O)O. The van der Waals surface area contributed by atoms with E-state index in [1.165, 1.54) is 6.66 Å². The predicted octanol–water partition coefficient (Wildman–Crippen LogP) is 1.42. The first-order chi connectivity index (χ1) is 4.56. The van der Waals surface area contributed by atoms with Crippen LogP contribution in [0.3, 0.4) is 0 Å². The zero-order valence-corrected chi connectivity index (χ0v) is 7.05. The molecule has 0 aliphatic rings. The monoisotopic (exact) mass is 158 g/mol. The third-order valence-corrected chi connectivity index (χ3v) is 2.10. The van der Waals surface area contributed by atoms with E-state index in [4.69, 9.17) is 12.7 Å². The lowest BCUT2D eigenvalue weighted by molar-refractivity contribution is 0.485. The average molecular weight is 158 g/mol. The predicted molar refractivity (Wildman–Crippen MR) is 44.9 cm³/mol. The van der Waals surface area contributed by atoms with E-state index in [1.807, 2.05) is 6.08 Å². The highest BCUT2D eigenvalue weighted by Gasteiger charge is 2.05. The van der Waals surface area contributed by atoms with Crippen LogP contribution in [0.15, 0.2) is 12.2 Å². The maximum atomic E-state index is 10.7. The van der Waals surface area contributed by atoms with E-state index >= 15 is 0 Å². The Kier molecular flexibility index (Phi) is 4.75. The van der Waals surface area contributed by atoms with Gasteiger partial charge in [0.15, 0.2) is 7.37 Å². The lowest BCUT2D eigenvalue weighted by atomic mass is 10.1. The molecule has 0 saturated carbocycles. The second-order valence-electron chi connectivity index (χ2n) is 2.27. The van der Waals surface area contributed by atoms with Gasteiger partial charge in [0.1, 0.15) is 0 Å². The van der Waals surface area contributed by atoms with Crippen LogP contribution in [0.1, 0.15) is 6.42 Å². The smallest absolute Gasteiger partial charge is 0.197 e. The quantitative estimate of drug-likeness (QED) is 0.381. The first kappa shape index (κ1) is 9.99.